The number of nitrogens with zero attached hydrogens (tertiary/aromatic N) is 1. The second kappa shape index (κ2) is 19.1. The molecule has 2 saturated heterocycles. The van der Waals surface area contributed by atoms with E-state index in [0.717, 1.165) is 31.3 Å². The standard InChI is InChI=1S/C34H60N4O10/c1-6-22-26(40)25(38-14-13-19(5)12-8-11-18(4)10-7-9-17(2)3)29(43)34(45-22)48-32-21(36)15-20(35)31(30(32)44)47-33-24(37)28(42)27(41)23(16-39)46-33/h9,11,13-14,20-34,39-44H,6-8,10,12,15-16,35-37H2,1-5H3/b18-11+,19-13+,38-14+. The second-order valence-corrected chi connectivity index (χ2v) is 13.7. The quantitative estimate of drug-likeness (QED) is 0.0840. The number of aliphatic hydroxyl groups is 6. The summed E-state index contributed by atoms with van der Waals surface area (Å²) in [7, 11) is 0. The van der Waals surface area contributed by atoms with Gasteiger partial charge in [-0.05, 0) is 72.3 Å². The van der Waals surface area contributed by atoms with E-state index in [1.165, 1.54) is 11.1 Å². The molecule has 12 N–H and O–H groups in total. The SMILES string of the molecule is CCC1OC(OC2C(N)CC(N)C(OC3OC(CO)C(O)C(O)C3N)C2O)C(O)C(/N=C/C=C(\C)CC/C=C(\C)CCC=C(C)C)C1O. The van der Waals surface area contributed by atoms with E-state index in [2.05, 4.69) is 37.9 Å². The molecule has 15 atom stereocenters. The van der Waals surface area contributed by atoms with E-state index >= 15 is 0 Å². The zero-order valence-corrected chi connectivity index (χ0v) is 28.9. The van der Waals surface area contributed by atoms with E-state index in [1.54, 1.807) is 6.21 Å². The lowest BCUT2D eigenvalue weighted by Crippen LogP contribution is -2.68. The van der Waals surface area contributed by atoms with Gasteiger partial charge >= 0.3 is 0 Å². The fourth-order valence-corrected chi connectivity index (χ4v) is 6.31. The number of aliphatic imine (C=N–C) groups is 1. The Morgan fingerprint density at radius 1 is 0.750 bits per heavy atom. The Hall–Kier alpha value is -1.63. The summed E-state index contributed by atoms with van der Waals surface area (Å²) in [6, 6.07) is -3.76. The number of ether oxygens (including phenoxy) is 4. The molecule has 276 valence electrons. The summed E-state index contributed by atoms with van der Waals surface area (Å²) in [6.07, 6.45) is -1.35. The van der Waals surface area contributed by atoms with E-state index in [9.17, 15) is 30.6 Å². The van der Waals surface area contributed by atoms with Crippen molar-refractivity contribution in [1.29, 1.82) is 0 Å². The van der Waals surface area contributed by atoms with Crippen LogP contribution in [0, 0.1) is 0 Å². The third-order valence-corrected chi connectivity index (χ3v) is 9.38. The van der Waals surface area contributed by atoms with Gasteiger partial charge in [-0.15, -0.1) is 0 Å². The first-order valence-corrected chi connectivity index (χ1v) is 17.1. The van der Waals surface area contributed by atoms with E-state index in [1.807, 2.05) is 19.9 Å². The molecule has 0 radical (unpaired) electrons. The Bertz CT molecular complexity index is 1120. The van der Waals surface area contributed by atoms with Crippen molar-refractivity contribution in [2.75, 3.05) is 6.61 Å². The Morgan fingerprint density at radius 2 is 1.33 bits per heavy atom. The second-order valence-electron chi connectivity index (χ2n) is 13.7. The van der Waals surface area contributed by atoms with Crippen LogP contribution in [0.3, 0.4) is 0 Å². The molecule has 0 aromatic heterocycles. The first-order valence-electron chi connectivity index (χ1n) is 17.1. The highest BCUT2D eigenvalue weighted by molar-refractivity contribution is 5.72. The van der Waals surface area contributed by atoms with E-state index in [4.69, 9.17) is 36.1 Å². The van der Waals surface area contributed by atoms with Crippen LogP contribution in [0.25, 0.3) is 0 Å². The predicted octanol–water partition coefficient (Wildman–Crippen LogP) is -0.342. The summed E-state index contributed by atoms with van der Waals surface area (Å²) >= 11 is 0. The first-order chi connectivity index (χ1) is 22.7. The van der Waals surface area contributed by atoms with Crippen molar-refractivity contribution in [2.24, 2.45) is 22.2 Å². The summed E-state index contributed by atoms with van der Waals surface area (Å²) in [5.74, 6) is 0. The van der Waals surface area contributed by atoms with Gasteiger partial charge in [0.1, 0.15) is 54.9 Å². The maximum Gasteiger partial charge on any atom is 0.186 e. The Kier molecular flexibility index (Phi) is 16.2. The minimum absolute atomic E-state index is 0.140. The van der Waals surface area contributed by atoms with Crippen molar-refractivity contribution in [1.82, 2.24) is 0 Å². The number of hydrogen-bond donors (Lipinski definition) is 9. The highest BCUT2D eigenvalue weighted by Crippen LogP contribution is 2.32. The fraction of sp³-hybridized carbons (Fsp3) is 0.794. The highest BCUT2D eigenvalue weighted by Gasteiger charge is 2.51. The minimum Gasteiger partial charge on any atom is -0.394 e. The molecule has 14 heteroatoms. The number of hydrogen-bond acceptors (Lipinski definition) is 14. The van der Waals surface area contributed by atoms with Crippen LogP contribution in [0.15, 0.2) is 39.9 Å². The Balaban J connectivity index is 1.67. The molecule has 2 heterocycles. The lowest BCUT2D eigenvalue weighted by molar-refractivity contribution is -0.318. The molecule has 0 spiro atoms. The van der Waals surface area contributed by atoms with Crippen molar-refractivity contribution >= 4 is 6.21 Å². The molecule has 3 fully saturated rings. The van der Waals surface area contributed by atoms with Gasteiger partial charge < -0.3 is 66.8 Å². The number of aliphatic hydroxyl groups excluding tert-OH is 6. The van der Waals surface area contributed by atoms with Crippen molar-refractivity contribution in [2.45, 2.75) is 165 Å². The molecule has 15 unspecified atom stereocenters. The monoisotopic (exact) mass is 684 g/mol. The molecule has 48 heavy (non-hydrogen) atoms. The minimum atomic E-state index is -1.46. The molecule has 1 aliphatic carbocycles. The molecule has 14 nitrogen and oxygen atoms in total. The molecule has 0 aromatic rings. The van der Waals surface area contributed by atoms with Crippen LogP contribution in [0.4, 0.5) is 0 Å². The van der Waals surface area contributed by atoms with E-state index in [-0.39, 0.29) is 6.42 Å². The smallest absolute Gasteiger partial charge is 0.186 e. The summed E-state index contributed by atoms with van der Waals surface area (Å²) in [5.41, 5.74) is 22.4. The van der Waals surface area contributed by atoms with Crippen LogP contribution in [0.2, 0.25) is 0 Å². The molecule has 1 saturated carbocycles. The number of allylic oxidation sites excluding steroid dienone is 6. The lowest BCUT2D eigenvalue weighted by atomic mass is 9.84. The van der Waals surface area contributed by atoms with Crippen LogP contribution in [0.5, 0.6) is 0 Å². The molecule has 0 amide bonds. The van der Waals surface area contributed by atoms with Crippen LogP contribution < -0.4 is 17.2 Å². The van der Waals surface area contributed by atoms with Gasteiger partial charge in [-0.3, -0.25) is 4.99 Å². The van der Waals surface area contributed by atoms with Crippen molar-refractivity contribution in [3.63, 3.8) is 0 Å². The number of rotatable bonds is 14. The van der Waals surface area contributed by atoms with Gasteiger partial charge in [0.25, 0.3) is 0 Å². The van der Waals surface area contributed by atoms with Gasteiger partial charge in [0.15, 0.2) is 12.6 Å². The predicted molar refractivity (Wildman–Crippen MR) is 181 cm³/mol. The van der Waals surface area contributed by atoms with Crippen LogP contribution >= 0.6 is 0 Å². The molecule has 3 aliphatic rings. The van der Waals surface area contributed by atoms with Gasteiger partial charge in [-0.1, -0.05) is 35.8 Å². The van der Waals surface area contributed by atoms with Gasteiger partial charge in [0.05, 0.1) is 18.8 Å². The van der Waals surface area contributed by atoms with Crippen LogP contribution in [-0.2, 0) is 18.9 Å². The lowest BCUT2D eigenvalue weighted by Gasteiger charge is -2.48. The Morgan fingerprint density at radius 3 is 1.94 bits per heavy atom. The zero-order valence-electron chi connectivity index (χ0n) is 28.9. The summed E-state index contributed by atoms with van der Waals surface area (Å²) in [5, 5.41) is 63.6. The molecule has 0 bridgehead atoms. The van der Waals surface area contributed by atoms with E-state index in [0.29, 0.717) is 6.42 Å². The van der Waals surface area contributed by atoms with Crippen LogP contribution in [-0.4, -0.2) is 135 Å². The van der Waals surface area contributed by atoms with Crippen molar-refractivity contribution in [3.8, 4) is 0 Å². The molecule has 3 rings (SSSR count). The summed E-state index contributed by atoms with van der Waals surface area (Å²) in [6.45, 7) is 9.57. The zero-order chi connectivity index (χ0) is 35.7. The number of nitrogens with two attached hydrogens (primary N) is 3. The normalized spacial score (nSPS) is 41.5. The molecular weight excluding hydrogens is 624 g/mol. The van der Waals surface area contributed by atoms with Gasteiger partial charge in [0.2, 0.25) is 0 Å². The first kappa shape index (κ1) is 40.8. The third kappa shape index (κ3) is 10.7. The summed E-state index contributed by atoms with van der Waals surface area (Å²) < 4.78 is 23.5. The van der Waals surface area contributed by atoms with Gasteiger partial charge in [0, 0.05) is 18.3 Å². The average molecular weight is 685 g/mol. The van der Waals surface area contributed by atoms with Gasteiger partial charge in [-0.2, -0.15) is 0 Å². The van der Waals surface area contributed by atoms with Crippen molar-refractivity contribution in [3.05, 3.63) is 34.9 Å². The van der Waals surface area contributed by atoms with Crippen molar-refractivity contribution < 1.29 is 49.6 Å². The Labute approximate surface area is 284 Å². The largest absolute Gasteiger partial charge is 0.394 e. The molecule has 2 aliphatic heterocycles. The highest BCUT2D eigenvalue weighted by atomic mass is 16.7. The molecule has 0 aromatic carbocycles. The van der Waals surface area contributed by atoms with Gasteiger partial charge in [-0.25, -0.2) is 0 Å². The maximum absolute atomic E-state index is 11.4. The topological polar surface area (TPSA) is 249 Å². The average Bonchev–Trinajstić information content (AvgIpc) is 3.03. The fourth-order valence-electron chi connectivity index (χ4n) is 6.31. The van der Waals surface area contributed by atoms with E-state index < -0.39 is 98.3 Å². The molecular formula is C34H60N4O10. The van der Waals surface area contributed by atoms with Crippen LogP contribution in [0.1, 0.15) is 73.1 Å². The third-order valence-electron chi connectivity index (χ3n) is 9.38. The summed E-state index contributed by atoms with van der Waals surface area (Å²) in [4.78, 5) is 4.49. The maximum atomic E-state index is 11.4.